The van der Waals surface area contributed by atoms with E-state index in [0.29, 0.717) is 5.56 Å². The van der Waals surface area contributed by atoms with Gasteiger partial charge in [0.1, 0.15) is 11.5 Å². The molecule has 4 heteroatoms. The number of thiophene rings is 1. The summed E-state index contributed by atoms with van der Waals surface area (Å²) in [6.07, 6.45) is 1.06. The van der Waals surface area contributed by atoms with Crippen LogP contribution in [-0.2, 0) is 13.0 Å². The van der Waals surface area contributed by atoms with Gasteiger partial charge in [-0.15, -0.1) is 11.3 Å². The smallest absolute Gasteiger partial charge is 0.124 e. The maximum Gasteiger partial charge on any atom is 0.124 e. The third kappa shape index (κ3) is 3.28. The fourth-order valence-corrected chi connectivity index (χ4v) is 2.96. The number of benzene rings is 1. The van der Waals surface area contributed by atoms with Crippen molar-refractivity contribution in [3.05, 3.63) is 45.6 Å². The van der Waals surface area contributed by atoms with E-state index in [2.05, 4.69) is 24.4 Å². The van der Waals surface area contributed by atoms with Gasteiger partial charge in [-0.25, -0.2) is 0 Å². The Morgan fingerprint density at radius 1 is 1.11 bits per heavy atom. The summed E-state index contributed by atoms with van der Waals surface area (Å²) in [5.74, 6) is 0.251. The van der Waals surface area contributed by atoms with Crippen molar-refractivity contribution in [2.75, 3.05) is 0 Å². The summed E-state index contributed by atoms with van der Waals surface area (Å²) in [7, 11) is 0. The SMILES string of the molecule is CCc1ccc(CNC(C)c2c(O)cccc2O)s1. The van der Waals surface area contributed by atoms with Crippen molar-refractivity contribution in [1.29, 1.82) is 0 Å². The number of rotatable bonds is 5. The third-order valence-electron chi connectivity index (χ3n) is 3.14. The van der Waals surface area contributed by atoms with E-state index in [4.69, 9.17) is 0 Å². The molecule has 3 nitrogen and oxygen atoms in total. The highest BCUT2D eigenvalue weighted by atomic mass is 32.1. The van der Waals surface area contributed by atoms with E-state index in [1.807, 2.05) is 6.92 Å². The lowest BCUT2D eigenvalue weighted by Gasteiger charge is -2.16. The van der Waals surface area contributed by atoms with Crippen molar-refractivity contribution in [3.8, 4) is 11.5 Å². The first-order valence-corrected chi connectivity index (χ1v) is 7.25. The van der Waals surface area contributed by atoms with Gasteiger partial charge in [0.2, 0.25) is 0 Å². The molecule has 0 saturated heterocycles. The quantitative estimate of drug-likeness (QED) is 0.783. The highest BCUT2D eigenvalue weighted by Gasteiger charge is 2.14. The molecule has 1 aromatic carbocycles. The van der Waals surface area contributed by atoms with Crippen molar-refractivity contribution in [3.63, 3.8) is 0 Å². The van der Waals surface area contributed by atoms with Crippen molar-refractivity contribution < 1.29 is 10.2 Å². The van der Waals surface area contributed by atoms with E-state index in [1.54, 1.807) is 29.5 Å². The van der Waals surface area contributed by atoms with Gasteiger partial charge in [0.15, 0.2) is 0 Å². The van der Waals surface area contributed by atoms with E-state index in [0.717, 1.165) is 13.0 Å². The zero-order chi connectivity index (χ0) is 13.8. The number of nitrogens with one attached hydrogen (secondary N) is 1. The summed E-state index contributed by atoms with van der Waals surface area (Å²) in [5.41, 5.74) is 0.551. The average Bonchev–Trinajstić information content (AvgIpc) is 2.84. The molecule has 0 amide bonds. The van der Waals surface area contributed by atoms with Crippen LogP contribution >= 0.6 is 11.3 Å². The fourth-order valence-electron chi connectivity index (χ4n) is 2.05. The van der Waals surface area contributed by atoms with Gasteiger partial charge in [-0.05, 0) is 37.6 Å². The Labute approximate surface area is 117 Å². The number of aromatic hydroxyl groups is 2. The van der Waals surface area contributed by atoms with Crippen LogP contribution in [0.15, 0.2) is 30.3 Å². The van der Waals surface area contributed by atoms with Crippen LogP contribution in [0.25, 0.3) is 0 Å². The van der Waals surface area contributed by atoms with Crippen LogP contribution in [-0.4, -0.2) is 10.2 Å². The molecule has 0 radical (unpaired) electrons. The number of aryl methyl sites for hydroxylation is 1. The fraction of sp³-hybridized carbons (Fsp3) is 0.333. The van der Waals surface area contributed by atoms with Gasteiger partial charge < -0.3 is 15.5 Å². The zero-order valence-corrected chi connectivity index (χ0v) is 12.0. The maximum absolute atomic E-state index is 9.80. The summed E-state index contributed by atoms with van der Waals surface area (Å²) < 4.78 is 0. The Hall–Kier alpha value is -1.52. The highest BCUT2D eigenvalue weighted by molar-refractivity contribution is 7.11. The molecule has 0 spiro atoms. The van der Waals surface area contributed by atoms with Crippen molar-refractivity contribution in [2.24, 2.45) is 0 Å². The molecule has 0 bridgehead atoms. The van der Waals surface area contributed by atoms with E-state index in [1.165, 1.54) is 9.75 Å². The van der Waals surface area contributed by atoms with Crippen molar-refractivity contribution in [1.82, 2.24) is 5.32 Å². The van der Waals surface area contributed by atoms with Crippen LogP contribution in [0.1, 0.15) is 35.2 Å². The minimum absolute atomic E-state index is 0.103. The molecule has 1 atom stereocenters. The summed E-state index contributed by atoms with van der Waals surface area (Å²) >= 11 is 1.79. The standard InChI is InChI=1S/C15H19NO2S/c1-3-11-7-8-12(19-11)9-16-10(2)15-13(17)5-4-6-14(15)18/h4-8,10,16-18H,3,9H2,1-2H3. The van der Waals surface area contributed by atoms with E-state index >= 15 is 0 Å². The van der Waals surface area contributed by atoms with E-state index in [9.17, 15) is 10.2 Å². The summed E-state index contributed by atoms with van der Waals surface area (Å²) in [5, 5.41) is 22.9. The molecule has 2 rings (SSSR count). The Bertz CT molecular complexity index is 531. The molecule has 1 heterocycles. The minimum Gasteiger partial charge on any atom is -0.507 e. The summed E-state index contributed by atoms with van der Waals surface area (Å²) in [4.78, 5) is 2.63. The number of hydrogen-bond donors (Lipinski definition) is 3. The van der Waals surface area contributed by atoms with Crippen molar-refractivity contribution >= 4 is 11.3 Å². The number of hydrogen-bond acceptors (Lipinski definition) is 4. The average molecular weight is 277 g/mol. The van der Waals surface area contributed by atoms with Gasteiger partial charge in [-0.1, -0.05) is 13.0 Å². The zero-order valence-electron chi connectivity index (χ0n) is 11.2. The maximum atomic E-state index is 9.80. The van der Waals surface area contributed by atoms with Crippen molar-refractivity contribution in [2.45, 2.75) is 32.9 Å². The molecule has 1 unspecified atom stereocenters. The molecule has 1 aromatic heterocycles. The molecular weight excluding hydrogens is 258 g/mol. The molecule has 19 heavy (non-hydrogen) atoms. The van der Waals surface area contributed by atoms with Gasteiger partial charge in [-0.2, -0.15) is 0 Å². The van der Waals surface area contributed by atoms with Crippen LogP contribution in [0.3, 0.4) is 0 Å². The molecule has 0 aliphatic carbocycles. The minimum atomic E-state index is -0.103. The molecular formula is C15H19NO2S. The molecule has 0 aliphatic rings. The summed E-state index contributed by atoms with van der Waals surface area (Å²) in [6, 6.07) is 8.97. The first kappa shape index (κ1) is 13.9. The number of phenols is 2. The second-order valence-electron chi connectivity index (χ2n) is 4.53. The Kier molecular flexibility index (Phi) is 4.45. The molecule has 102 valence electrons. The molecule has 0 fully saturated rings. The lowest BCUT2D eigenvalue weighted by atomic mass is 10.1. The predicted octanol–water partition coefficient (Wildman–Crippen LogP) is 3.57. The Balaban J connectivity index is 2.03. The molecule has 0 aliphatic heterocycles. The van der Waals surface area contributed by atoms with Crippen LogP contribution in [0.5, 0.6) is 11.5 Å². The highest BCUT2D eigenvalue weighted by Crippen LogP contribution is 2.32. The lowest BCUT2D eigenvalue weighted by Crippen LogP contribution is -2.17. The summed E-state index contributed by atoms with van der Waals surface area (Å²) in [6.45, 7) is 4.81. The first-order valence-electron chi connectivity index (χ1n) is 6.43. The monoisotopic (exact) mass is 277 g/mol. The largest absolute Gasteiger partial charge is 0.507 e. The normalized spacial score (nSPS) is 12.5. The molecule has 3 N–H and O–H groups in total. The van der Waals surface area contributed by atoms with Gasteiger partial charge in [-0.3, -0.25) is 0 Å². The Morgan fingerprint density at radius 2 is 1.74 bits per heavy atom. The lowest BCUT2D eigenvalue weighted by molar-refractivity contribution is 0.418. The topological polar surface area (TPSA) is 52.5 Å². The second-order valence-corrected chi connectivity index (χ2v) is 5.79. The van der Waals surface area contributed by atoms with E-state index in [-0.39, 0.29) is 17.5 Å². The molecule has 0 saturated carbocycles. The van der Waals surface area contributed by atoms with E-state index < -0.39 is 0 Å². The molecule has 2 aromatic rings. The van der Waals surface area contributed by atoms with Crippen LogP contribution in [0, 0.1) is 0 Å². The third-order valence-corrected chi connectivity index (χ3v) is 4.37. The van der Waals surface area contributed by atoms with Crippen LogP contribution in [0.4, 0.5) is 0 Å². The Morgan fingerprint density at radius 3 is 2.32 bits per heavy atom. The number of phenolic OH excluding ortho intramolecular Hbond substituents is 2. The van der Waals surface area contributed by atoms with Crippen LogP contribution < -0.4 is 5.32 Å². The van der Waals surface area contributed by atoms with Gasteiger partial charge in [0, 0.05) is 22.3 Å². The van der Waals surface area contributed by atoms with Gasteiger partial charge in [0.05, 0.1) is 5.56 Å². The first-order chi connectivity index (χ1) is 9.11. The van der Waals surface area contributed by atoms with Gasteiger partial charge in [0.25, 0.3) is 0 Å². The van der Waals surface area contributed by atoms with Gasteiger partial charge >= 0.3 is 0 Å². The second kappa shape index (κ2) is 6.08. The van der Waals surface area contributed by atoms with Crippen LogP contribution in [0.2, 0.25) is 0 Å². The predicted molar refractivity (Wildman–Crippen MR) is 78.7 cm³/mol.